The number of hydrogen-bond donors (Lipinski definition) is 4. The summed E-state index contributed by atoms with van der Waals surface area (Å²) in [6, 6.07) is 11.6. The van der Waals surface area contributed by atoms with E-state index in [1.807, 2.05) is 13.8 Å². The summed E-state index contributed by atoms with van der Waals surface area (Å²) in [5.74, 6) is -0.759. The fourth-order valence-electron chi connectivity index (χ4n) is 3.77. The van der Waals surface area contributed by atoms with Crippen molar-refractivity contribution in [3.63, 3.8) is 0 Å². The van der Waals surface area contributed by atoms with Crippen LogP contribution in [0.1, 0.15) is 44.9 Å². The molecule has 2 rings (SSSR count). The smallest absolute Gasteiger partial charge is 0.275 e. The SMILES string of the molecule is CC(C)Cc1ccc(NS(=O)(=O)Cc2ccccc2)c(=O)n1CC(=O)NC(C)(C=O)CCCN=C(N)N. The molecule has 6 N–H and O–H groups in total. The molecule has 0 fully saturated rings. The highest BCUT2D eigenvalue weighted by Crippen LogP contribution is 2.14. The molecule has 0 saturated heterocycles. The zero-order valence-corrected chi connectivity index (χ0v) is 22.3. The summed E-state index contributed by atoms with van der Waals surface area (Å²) in [5, 5.41) is 2.67. The number of carbonyl (C=O) groups is 2. The lowest BCUT2D eigenvalue weighted by atomic mass is 9.97. The van der Waals surface area contributed by atoms with Gasteiger partial charge in [-0.3, -0.25) is 19.3 Å². The van der Waals surface area contributed by atoms with Crippen molar-refractivity contribution in [1.29, 1.82) is 0 Å². The summed E-state index contributed by atoms with van der Waals surface area (Å²) in [6.45, 7) is 5.41. The Balaban J connectivity index is 2.26. The first-order valence-corrected chi connectivity index (χ1v) is 13.6. The topological polar surface area (TPSA) is 179 Å². The first kappa shape index (κ1) is 29.6. The number of amides is 1. The number of aldehydes is 1. The van der Waals surface area contributed by atoms with Crippen molar-refractivity contribution in [3.05, 3.63) is 64.1 Å². The van der Waals surface area contributed by atoms with E-state index in [2.05, 4.69) is 15.0 Å². The molecule has 202 valence electrons. The van der Waals surface area contributed by atoms with Crippen molar-refractivity contribution in [3.8, 4) is 0 Å². The summed E-state index contributed by atoms with van der Waals surface area (Å²) < 4.78 is 29.0. The molecular formula is C25H36N6O5S. The lowest BCUT2D eigenvalue weighted by molar-refractivity contribution is -0.127. The van der Waals surface area contributed by atoms with E-state index in [1.165, 1.54) is 10.6 Å². The van der Waals surface area contributed by atoms with Gasteiger partial charge in [0, 0.05) is 12.2 Å². The van der Waals surface area contributed by atoms with Crippen molar-refractivity contribution >= 4 is 33.9 Å². The van der Waals surface area contributed by atoms with E-state index in [0.29, 0.717) is 36.9 Å². The molecule has 1 unspecified atom stereocenters. The van der Waals surface area contributed by atoms with E-state index in [0.717, 1.165) is 0 Å². The zero-order valence-electron chi connectivity index (χ0n) is 21.4. The van der Waals surface area contributed by atoms with Crippen LogP contribution in [-0.4, -0.2) is 43.2 Å². The Labute approximate surface area is 217 Å². The van der Waals surface area contributed by atoms with Crippen LogP contribution in [0.25, 0.3) is 0 Å². The predicted molar refractivity (Wildman–Crippen MR) is 144 cm³/mol. The predicted octanol–water partition coefficient (Wildman–Crippen LogP) is 1.12. The van der Waals surface area contributed by atoms with Gasteiger partial charge in [0.25, 0.3) is 5.56 Å². The van der Waals surface area contributed by atoms with E-state index in [9.17, 15) is 22.8 Å². The van der Waals surface area contributed by atoms with Crippen LogP contribution in [0.3, 0.4) is 0 Å². The van der Waals surface area contributed by atoms with Crippen LogP contribution >= 0.6 is 0 Å². The number of carbonyl (C=O) groups excluding carboxylic acids is 2. The fourth-order valence-corrected chi connectivity index (χ4v) is 4.96. The minimum Gasteiger partial charge on any atom is -0.370 e. The van der Waals surface area contributed by atoms with Gasteiger partial charge in [0.2, 0.25) is 15.9 Å². The molecule has 1 amide bonds. The third-order valence-electron chi connectivity index (χ3n) is 5.48. The van der Waals surface area contributed by atoms with E-state index in [4.69, 9.17) is 11.5 Å². The fraction of sp³-hybridized carbons (Fsp3) is 0.440. The Morgan fingerprint density at radius 3 is 2.43 bits per heavy atom. The molecular weight excluding hydrogens is 496 g/mol. The highest BCUT2D eigenvalue weighted by Gasteiger charge is 2.26. The van der Waals surface area contributed by atoms with Crippen molar-refractivity contribution in [1.82, 2.24) is 9.88 Å². The van der Waals surface area contributed by atoms with Crippen molar-refractivity contribution < 1.29 is 18.0 Å². The highest BCUT2D eigenvalue weighted by molar-refractivity contribution is 7.91. The minimum atomic E-state index is -3.88. The van der Waals surface area contributed by atoms with Crippen LogP contribution in [0.4, 0.5) is 5.69 Å². The van der Waals surface area contributed by atoms with Gasteiger partial charge in [0.05, 0.1) is 11.3 Å². The lowest BCUT2D eigenvalue weighted by Crippen LogP contribution is -2.49. The molecule has 37 heavy (non-hydrogen) atoms. The second-order valence-corrected chi connectivity index (χ2v) is 11.3. The van der Waals surface area contributed by atoms with Crippen LogP contribution in [0, 0.1) is 5.92 Å². The largest absolute Gasteiger partial charge is 0.370 e. The number of aliphatic imine (C=N–C) groups is 1. The summed E-state index contributed by atoms with van der Waals surface area (Å²) >= 11 is 0. The van der Waals surface area contributed by atoms with Gasteiger partial charge < -0.3 is 26.1 Å². The molecule has 0 radical (unpaired) electrons. The number of nitrogens with zero attached hydrogens (tertiary/aromatic N) is 2. The molecule has 1 heterocycles. The second-order valence-electron chi connectivity index (χ2n) is 9.57. The quantitative estimate of drug-likeness (QED) is 0.122. The zero-order chi connectivity index (χ0) is 27.6. The van der Waals surface area contributed by atoms with Gasteiger partial charge in [-0.15, -0.1) is 0 Å². The Kier molecular flexibility index (Phi) is 10.4. The van der Waals surface area contributed by atoms with E-state index in [-0.39, 0.29) is 36.3 Å². The van der Waals surface area contributed by atoms with Crippen LogP contribution < -0.4 is 27.1 Å². The molecule has 0 aliphatic heterocycles. The minimum absolute atomic E-state index is 0.0619. The average Bonchev–Trinajstić information content (AvgIpc) is 2.81. The standard InChI is InChI=1S/C25H36N6O5S/c1-18(2)14-20-10-11-21(30-37(35,36)16-19-8-5-4-6-9-19)23(34)31(20)15-22(33)29-25(3,17-32)12-7-13-28-24(26)27/h4-6,8-11,17-18,30H,7,12-16H2,1-3H3,(H,29,33)(H4,26,27,28). The van der Waals surface area contributed by atoms with Gasteiger partial charge in [0.15, 0.2) is 5.96 Å². The summed E-state index contributed by atoms with van der Waals surface area (Å²) in [6.07, 6.45) is 1.85. The van der Waals surface area contributed by atoms with Crippen LogP contribution in [-0.2, 0) is 38.3 Å². The third-order valence-corrected chi connectivity index (χ3v) is 6.73. The average molecular weight is 533 g/mol. The summed E-state index contributed by atoms with van der Waals surface area (Å²) in [5.41, 5.74) is 9.76. The summed E-state index contributed by atoms with van der Waals surface area (Å²) in [4.78, 5) is 41.8. The molecule has 12 heteroatoms. The molecule has 11 nitrogen and oxygen atoms in total. The first-order valence-electron chi connectivity index (χ1n) is 11.9. The maximum atomic E-state index is 13.3. The molecule has 0 aliphatic carbocycles. The van der Waals surface area contributed by atoms with Gasteiger partial charge in [0.1, 0.15) is 18.5 Å². The van der Waals surface area contributed by atoms with E-state index in [1.54, 1.807) is 43.3 Å². The maximum absolute atomic E-state index is 13.3. The van der Waals surface area contributed by atoms with Gasteiger partial charge >= 0.3 is 0 Å². The first-order chi connectivity index (χ1) is 17.3. The number of guanidine groups is 1. The van der Waals surface area contributed by atoms with Crippen LogP contribution in [0.2, 0.25) is 0 Å². The molecule has 0 bridgehead atoms. The summed E-state index contributed by atoms with van der Waals surface area (Å²) in [7, 11) is -3.88. The van der Waals surface area contributed by atoms with Gasteiger partial charge in [-0.05, 0) is 49.8 Å². The van der Waals surface area contributed by atoms with Crippen molar-refractivity contribution in [2.75, 3.05) is 11.3 Å². The number of pyridine rings is 1. The Morgan fingerprint density at radius 2 is 1.84 bits per heavy atom. The Hall–Kier alpha value is -3.67. The van der Waals surface area contributed by atoms with Crippen molar-refractivity contribution in [2.45, 2.75) is 57.9 Å². The number of benzene rings is 1. The van der Waals surface area contributed by atoms with Gasteiger partial charge in [-0.1, -0.05) is 44.2 Å². The van der Waals surface area contributed by atoms with Gasteiger partial charge in [-0.25, -0.2) is 8.42 Å². The normalized spacial score (nSPS) is 13.0. The molecule has 1 atom stereocenters. The van der Waals surface area contributed by atoms with Gasteiger partial charge in [-0.2, -0.15) is 0 Å². The molecule has 0 aliphatic rings. The number of aromatic nitrogens is 1. The molecule has 0 spiro atoms. The number of anilines is 1. The molecule has 1 aromatic heterocycles. The molecule has 0 saturated carbocycles. The Bertz CT molecular complexity index is 1270. The number of nitrogens with one attached hydrogen (secondary N) is 2. The molecule has 1 aromatic carbocycles. The van der Waals surface area contributed by atoms with Crippen LogP contribution in [0.15, 0.2) is 52.3 Å². The Morgan fingerprint density at radius 1 is 1.16 bits per heavy atom. The van der Waals surface area contributed by atoms with Crippen LogP contribution in [0.5, 0.6) is 0 Å². The monoisotopic (exact) mass is 532 g/mol. The highest BCUT2D eigenvalue weighted by atomic mass is 32.2. The third kappa shape index (κ3) is 9.71. The van der Waals surface area contributed by atoms with E-state index >= 15 is 0 Å². The number of rotatable bonds is 14. The lowest BCUT2D eigenvalue weighted by Gasteiger charge is -2.25. The van der Waals surface area contributed by atoms with E-state index < -0.39 is 27.0 Å². The second kappa shape index (κ2) is 13.0. The van der Waals surface area contributed by atoms with Crippen molar-refractivity contribution in [2.24, 2.45) is 22.4 Å². The number of hydrogen-bond acceptors (Lipinski definition) is 6. The maximum Gasteiger partial charge on any atom is 0.275 e. The number of nitrogens with two attached hydrogens (primary N) is 2. The number of sulfonamides is 1. The molecule has 2 aromatic rings.